The number of allylic oxidation sites excluding steroid dienone is 1. The van der Waals surface area contributed by atoms with Crippen LogP contribution in [-0.2, 0) is 4.79 Å². The van der Waals surface area contributed by atoms with Gasteiger partial charge in [0.05, 0.1) is 6.04 Å². The van der Waals surface area contributed by atoms with Crippen LogP contribution in [0.3, 0.4) is 0 Å². The SMILES string of the molecule is CCC(C)[C@H](N)C(=O)NCCC1=CCCC1. The van der Waals surface area contributed by atoms with Crippen molar-refractivity contribution < 1.29 is 4.79 Å². The molecule has 0 saturated heterocycles. The molecule has 1 aliphatic carbocycles. The number of hydrogen-bond donors (Lipinski definition) is 2. The highest BCUT2D eigenvalue weighted by Crippen LogP contribution is 2.19. The lowest BCUT2D eigenvalue weighted by molar-refractivity contribution is -0.123. The lowest BCUT2D eigenvalue weighted by Gasteiger charge is -2.17. The van der Waals surface area contributed by atoms with E-state index >= 15 is 0 Å². The summed E-state index contributed by atoms with van der Waals surface area (Å²) in [6.07, 6.45) is 7.90. The highest BCUT2D eigenvalue weighted by atomic mass is 16.2. The first-order valence-electron chi connectivity index (χ1n) is 6.36. The van der Waals surface area contributed by atoms with Crippen LogP contribution in [0.1, 0.15) is 46.0 Å². The van der Waals surface area contributed by atoms with Gasteiger partial charge >= 0.3 is 0 Å². The lowest BCUT2D eigenvalue weighted by Crippen LogP contribution is -2.44. The fourth-order valence-corrected chi connectivity index (χ4v) is 1.94. The van der Waals surface area contributed by atoms with Gasteiger partial charge < -0.3 is 11.1 Å². The molecule has 0 spiro atoms. The van der Waals surface area contributed by atoms with E-state index in [4.69, 9.17) is 5.73 Å². The van der Waals surface area contributed by atoms with Crippen molar-refractivity contribution in [2.45, 2.75) is 52.0 Å². The van der Waals surface area contributed by atoms with Gasteiger partial charge in [0.15, 0.2) is 0 Å². The molecule has 92 valence electrons. The van der Waals surface area contributed by atoms with Crippen LogP contribution in [0.15, 0.2) is 11.6 Å². The molecule has 0 radical (unpaired) electrons. The number of carbonyl (C=O) groups is 1. The maximum Gasteiger partial charge on any atom is 0.237 e. The number of rotatable bonds is 6. The Morgan fingerprint density at radius 3 is 2.94 bits per heavy atom. The van der Waals surface area contributed by atoms with Gasteiger partial charge in [-0.05, 0) is 31.6 Å². The predicted octanol–water partition coefficient (Wildman–Crippen LogP) is 1.98. The van der Waals surface area contributed by atoms with Crippen molar-refractivity contribution in [1.82, 2.24) is 5.32 Å². The summed E-state index contributed by atoms with van der Waals surface area (Å²) in [6.45, 7) is 4.81. The Bertz CT molecular complexity index is 261. The molecule has 3 N–H and O–H groups in total. The summed E-state index contributed by atoms with van der Waals surface area (Å²) in [6, 6.07) is -0.359. The second-order valence-electron chi connectivity index (χ2n) is 4.71. The van der Waals surface area contributed by atoms with E-state index in [1.54, 1.807) is 0 Å². The zero-order chi connectivity index (χ0) is 12.0. The molecule has 0 saturated carbocycles. The van der Waals surface area contributed by atoms with E-state index in [0.717, 1.165) is 19.4 Å². The first kappa shape index (κ1) is 13.2. The summed E-state index contributed by atoms with van der Waals surface area (Å²) >= 11 is 0. The molecular formula is C13H24N2O. The molecule has 3 heteroatoms. The van der Waals surface area contributed by atoms with E-state index in [1.807, 2.05) is 6.92 Å². The van der Waals surface area contributed by atoms with Gasteiger partial charge in [-0.25, -0.2) is 0 Å². The second kappa shape index (κ2) is 6.69. The Morgan fingerprint density at radius 2 is 2.38 bits per heavy atom. The molecule has 1 amide bonds. The van der Waals surface area contributed by atoms with E-state index in [9.17, 15) is 4.79 Å². The van der Waals surface area contributed by atoms with Crippen molar-refractivity contribution in [3.63, 3.8) is 0 Å². The minimum absolute atomic E-state index is 0.00653. The van der Waals surface area contributed by atoms with E-state index in [1.165, 1.54) is 24.8 Å². The molecule has 16 heavy (non-hydrogen) atoms. The van der Waals surface area contributed by atoms with Gasteiger partial charge in [0.25, 0.3) is 0 Å². The Balaban J connectivity index is 2.19. The molecule has 3 nitrogen and oxygen atoms in total. The van der Waals surface area contributed by atoms with E-state index < -0.39 is 0 Å². The van der Waals surface area contributed by atoms with E-state index in [0.29, 0.717) is 0 Å². The van der Waals surface area contributed by atoms with E-state index in [-0.39, 0.29) is 17.9 Å². The maximum absolute atomic E-state index is 11.7. The first-order chi connectivity index (χ1) is 7.65. The normalized spacial score (nSPS) is 19.1. The zero-order valence-corrected chi connectivity index (χ0v) is 10.5. The largest absolute Gasteiger partial charge is 0.354 e. The van der Waals surface area contributed by atoms with Gasteiger partial charge in [-0.1, -0.05) is 31.9 Å². The van der Waals surface area contributed by atoms with Crippen molar-refractivity contribution in [3.8, 4) is 0 Å². The minimum atomic E-state index is -0.359. The monoisotopic (exact) mass is 224 g/mol. The average molecular weight is 224 g/mol. The summed E-state index contributed by atoms with van der Waals surface area (Å²) < 4.78 is 0. The molecule has 0 aliphatic heterocycles. The third-order valence-corrected chi connectivity index (χ3v) is 3.44. The number of amides is 1. The Morgan fingerprint density at radius 1 is 1.62 bits per heavy atom. The first-order valence-corrected chi connectivity index (χ1v) is 6.36. The fourth-order valence-electron chi connectivity index (χ4n) is 1.94. The zero-order valence-electron chi connectivity index (χ0n) is 10.5. The maximum atomic E-state index is 11.7. The standard InChI is InChI=1S/C13H24N2O/c1-3-10(2)12(14)13(16)15-9-8-11-6-4-5-7-11/h6,10,12H,3-5,7-9,14H2,1-2H3,(H,15,16)/t10?,12-/m0/s1. The molecule has 0 aromatic rings. The number of carbonyl (C=O) groups excluding carboxylic acids is 1. The highest BCUT2D eigenvalue weighted by molar-refractivity contribution is 5.81. The number of nitrogens with one attached hydrogen (secondary N) is 1. The van der Waals surface area contributed by atoms with Gasteiger partial charge in [0.1, 0.15) is 0 Å². The van der Waals surface area contributed by atoms with Crippen LogP contribution in [0.4, 0.5) is 0 Å². The summed E-state index contributed by atoms with van der Waals surface area (Å²) in [5.41, 5.74) is 7.32. The van der Waals surface area contributed by atoms with Gasteiger partial charge in [0, 0.05) is 6.54 Å². The van der Waals surface area contributed by atoms with Crippen LogP contribution in [-0.4, -0.2) is 18.5 Å². The van der Waals surface area contributed by atoms with Crippen LogP contribution in [0.5, 0.6) is 0 Å². The third-order valence-electron chi connectivity index (χ3n) is 3.44. The quantitative estimate of drug-likeness (QED) is 0.678. The van der Waals surface area contributed by atoms with Crippen molar-refractivity contribution in [2.24, 2.45) is 11.7 Å². The molecule has 1 unspecified atom stereocenters. The summed E-state index contributed by atoms with van der Waals surface area (Å²) in [7, 11) is 0. The number of hydrogen-bond acceptors (Lipinski definition) is 2. The molecule has 1 aliphatic rings. The summed E-state index contributed by atoms with van der Waals surface area (Å²) in [5.74, 6) is 0.249. The van der Waals surface area contributed by atoms with Gasteiger partial charge in [0.2, 0.25) is 5.91 Å². The lowest BCUT2D eigenvalue weighted by atomic mass is 9.99. The highest BCUT2D eigenvalue weighted by Gasteiger charge is 2.18. The van der Waals surface area contributed by atoms with Crippen LogP contribution >= 0.6 is 0 Å². The van der Waals surface area contributed by atoms with Crippen LogP contribution in [0, 0.1) is 5.92 Å². The van der Waals surface area contributed by atoms with Crippen molar-refractivity contribution >= 4 is 5.91 Å². The Hall–Kier alpha value is -0.830. The average Bonchev–Trinajstić information content (AvgIpc) is 2.79. The van der Waals surface area contributed by atoms with Crippen LogP contribution in [0.25, 0.3) is 0 Å². The Labute approximate surface area is 98.5 Å². The van der Waals surface area contributed by atoms with Crippen molar-refractivity contribution in [1.29, 1.82) is 0 Å². The molecule has 0 aromatic heterocycles. The predicted molar refractivity (Wildman–Crippen MR) is 67.0 cm³/mol. The van der Waals surface area contributed by atoms with E-state index in [2.05, 4.69) is 18.3 Å². The molecule has 1 rings (SSSR count). The molecule has 0 bridgehead atoms. The van der Waals surface area contributed by atoms with Crippen LogP contribution in [0.2, 0.25) is 0 Å². The van der Waals surface area contributed by atoms with Gasteiger partial charge in [-0.15, -0.1) is 0 Å². The minimum Gasteiger partial charge on any atom is -0.354 e. The topological polar surface area (TPSA) is 55.1 Å². The third kappa shape index (κ3) is 3.97. The van der Waals surface area contributed by atoms with Crippen molar-refractivity contribution in [2.75, 3.05) is 6.54 Å². The molecule has 0 aromatic carbocycles. The molecule has 0 fully saturated rings. The molecule has 2 atom stereocenters. The molecular weight excluding hydrogens is 200 g/mol. The Kier molecular flexibility index (Phi) is 5.53. The fraction of sp³-hybridized carbons (Fsp3) is 0.769. The van der Waals surface area contributed by atoms with Gasteiger partial charge in [-0.3, -0.25) is 4.79 Å². The summed E-state index contributed by atoms with van der Waals surface area (Å²) in [5, 5.41) is 2.92. The van der Waals surface area contributed by atoms with Crippen molar-refractivity contribution in [3.05, 3.63) is 11.6 Å². The summed E-state index contributed by atoms with van der Waals surface area (Å²) in [4.78, 5) is 11.7. The number of nitrogens with two attached hydrogens (primary N) is 1. The van der Waals surface area contributed by atoms with Gasteiger partial charge in [-0.2, -0.15) is 0 Å². The smallest absolute Gasteiger partial charge is 0.237 e. The second-order valence-corrected chi connectivity index (χ2v) is 4.71. The van der Waals surface area contributed by atoms with Crippen LogP contribution < -0.4 is 11.1 Å². The molecule has 0 heterocycles.